The van der Waals surface area contributed by atoms with Crippen molar-refractivity contribution in [2.45, 2.75) is 32.5 Å². The maximum Gasteiger partial charge on any atom is 0.413 e. The number of carbonyl (C=O) groups is 1. The van der Waals surface area contributed by atoms with Crippen molar-refractivity contribution < 1.29 is 23.4 Å². The first kappa shape index (κ1) is 25.0. The van der Waals surface area contributed by atoms with E-state index in [9.17, 15) is 4.79 Å². The molecule has 2 aliphatic rings. The molecular formula is C26H31FN6O4. The van der Waals surface area contributed by atoms with E-state index in [2.05, 4.69) is 25.5 Å². The second-order valence-corrected chi connectivity index (χ2v) is 10.0. The second kappa shape index (κ2) is 9.64. The van der Waals surface area contributed by atoms with Crippen molar-refractivity contribution >= 4 is 34.1 Å². The average molecular weight is 511 g/mol. The smallest absolute Gasteiger partial charge is 0.413 e. The van der Waals surface area contributed by atoms with Crippen LogP contribution in [-0.2, 0) is 9.47 Å². The molecule has 10 nitrogen and oxygen atoms in total. The Kier molecular flexibility index (Phi) is 6.50. The van der Waals surface area contributed by atoms with Crippen LogP contribution in [0.2, 0.25) is 0 Å². The van der Waals surface area contributed by atoms with E-state index in [0.29, 0.717) is 54.0 Å². The van der Waals surface area contributed by atoms with Crippen LogP contribution in [0.15, 0.2) is 24.5 Å². The fraction of sp³-hybridized carbons (Fsp3) is 0.423. The molecule has 4 heterocycles. The number of nitrogens with two attached hydrogens (primary N) is 1. The molecule has 0 saturated carbocycles. The molecule has 0 radical (unpaired) electrons. The van der Waals surface area contributed by atoms with Gasteiger partial charge in [0, 0.05) is 62.2 Å². The predicted molar refractivity (Wildman–Crippen MR) is 139 cm³/mol. The van der Waals surface area contributed by atoms with E-state index in [4.69, 9.17) is 19.9 Å². The number of hydrogen-bond donors (Lipinski definition) is 3. The zero-order valence-corrected chi connectivity index (χ0v) is 21.4. The van der Waals surface area contributed by atoms with Gasteiger partial charge in [-0.3, -0.25) is 10.2 Å². The number of halogens is 1. The largest absolute Gasteiger partial charge is 0.474 e. The Morgan fingerprint density at radius 3 is 2.84 bits per heavy atom. The average Bonchev–Trinajstić information content (AvgIpc) is 2.85. The fourth-order valence-corrected chi connectivity index (χ4v) is 4.67. The summed E-state index contributed by atoms with van der Waals surface area (Å²) in [5, 5.41) is 6.99. The first-order chi connectivity index (χ1) is 17.6. The highest BCUT2D eigenvalue weighted by molar-refractivity contribution is 5.99. The van der Waals surface area contributed by atoms with Gasteiger partial charge in [0.15, 0.2) is 5.82 Å². The van der Waals surface area contributed by atoms with E-state index in [0.717, 1.165) is 17.8 Å². The minimum atomic E-state index is -0.599. The minimum absolute atomic E-state index is 0.0241. The van der Waals surface area contributed by atoms with Crippen molar-refractivity contribution in [3.8, 4) is 17.0 Å². The SMILES string of the molecule is COC(C)(C)CN1CC(OC(=O)Nc2cc3cc(-c4cnc5c(c4C)NCCO5)c(F)c(N)c3cn2)C1. The molecule has 37 heavy (non-hydrogen) atoms. The lowest BCUT2D eigenvalue weighted by Crippen LogP contribution is -2.57. The number of pyridine rings is 2. The topological polar surface area (TPSA) is 124 Å². The molecule has 3 aromatic rings. The summed E-state index contributed by atoms with van der Waals surface area (Å²) in [6, 6.07) is 3.33. The molecule has 4 N–H and O–H groups in total. The summed E-state index contributed by atoms with van der Waals surface area (Å²) in [6.45, 7) is 9.09. The lowest BCUT2D eigenvalue weighted by Gasteiger charge is -2.42. The molecule has 0 spiro atoms. The third kappa shape index (κ3) is 4.96. The van der Waals surface area contributed by atoms with Gasteiger partial charge in [-0.25, -0.2) is 19.2 Å². The molecule has 2 aliphatic heterocycles. The van der Waals surface area contributed by atoms with Crippen LogP contribution >= 0.6 is 0 Å². The van der Waals surface area contributed by atoms with Gasteiger partial charge < -0.3 is 25.3 Å². The van der Waals surface area contributed by atoms with Gasteiger partial charge in [-0.1, -0.05) is 0 Å². The standard InChI is InChI=1S/C26H31FN6O4/c1-14-18(9-31-24-23(14)29-5-6-36-24)17-7-15-8-20(30-10-19(15)22(28)21(17)27)32-25(34)37-16-11-33(12-16)13-26(2,3)35-4/h7-10,16,29H,5-6,11-13,28H2,1-4H3,(H,30,32,34). The van der Waals surface area contributed by atoms with Crippen molar-refractivity contribution in [2.75, 3.05) is 56.3 Å². The van der Waals surface area contributed by atoms with Crippen molar-refractivity contribution in [3.63, 3.8) is 0 Å². The number of nitrogens with one attached hydrogen (secondary N) is 2. The summed E-state index contributed by atoms with van der Waals surface area (Å²) >= 11 is 0. The van der Waals surface area contributed by atoms with Gasteiger partial charge in [-0.15, -0.1) is 0 Å². The first-order valence-electron chi connectivity index (χ1n) is 12.1. The zero-order chi connectivity index (χ0) is 26.3. The minimum Gasteiger partial charge on any atom is -0.474 e. The van der Waals surface area contributed by atoms with Gasteiger partial charge in [0.25, 0.3) is 0 Å². The highest BCUT2D eigenvalue weighted by Gasteiger charge is 2.34. The number of anilines is 3. The number of methoxy groups -OCH3 is 1. The third-order valence-electron chi connectivity index (χ3n) is 6.82. The van der Waals surface area contributed by atoms with Gasteiger partial charge in [-0.2, -0.15) is 0 Å². The number of rotatable bonds is 6. The third-order valence-corrected chi connectivity index (χ3v) is 6.82. The Labute approximate surface area is 214 Å². The molecule has 196 valence electrons. The summed E-state index contributed by atoms with van der Waals surface area (Å²) in [6.07, 6.45) is 2.22. The van der Waals surface area contributed by atoms with Crippen LogP contribution < -0.4 is 21.1 Å². The van der Waals surface area contributed by atoms with Gasteiger partial charge in [-0.05, 0) is 43.9 Å². The summed E-state index contributed by atoms with van der Waals surface area (Å²) < 4.78 is 31.9. The van der Waals surface area contributed by atoms with Gasteiger partial charge in [0.05, 0.1) is 11.3 Å². The summed E-state index contributed by atoms with van der Waals surface area (Å²) in [5.41, 5.74) is 8.31. The summed E-state index contributed by atoms with van der Waals surface area (Å²) in [5.74, 6) is 0.219. The van der Waals surface area contributed by atoms with Crippen LogP contribution in [0.4, 0.5) is 26.4 Å². The first-order valence-corrected chi connectivity index (χ1v) is 12.1. The number of ether oxygens (including phenoxy) is 3. The maximum absolute atomic E-state index is 15.4. The summed E-state index contributed by atoms with van der Waals surface area (Å²) in [7, 11) is 1.68. The molecular weight excluding hydrogens is 479 g/mol. The van der Waals surface area contributed by atoms with E-state index < -0.39 is 11.9 Å². The number of nitrogens with zero attached hydrogens (tertiary/aromatic N) is 3. The Morgan fingerprint density at radius 1 is 1.30 bits per heavy atom. The van der Waals surface area contributed by atoms with E-state index >= 15 is 4.39 Å². The Morgan fingerprint density at radius 2 is 2.08 bits per heavy atom. The van der Waals surface area contributed by atoms with Crippen LogP contribution in [0.3, 0.4) is 0 Å². The van der Waals surface area contributed by atoms with Crippen LogP contribution in [0.5, 0.6) is 5.88 Å². The molecule has 5 rings (SSSR count). The highest BCUT2D eigenvalue weighted by atomic mass is 19.1. The molecule has 0 bridgehead atoms. The Bertz CT molecular complexity index is 1360. The van der Waals surface area contributed by atoms with Crippen LogP contribution in [-0.4, -0.2) is 72.6 Å². The van der Waals surface area contributed by atoms with Crippen LogP contribution in [0.25, 0.3) is 21.9 Å². The van der Waals surface area contributed by atoms with Gasteiger partial charge >= 0.3 is 6.09 Å². The molecule has 1 amide bonds. The number of aromatic nitrogens is 2. The highest BCUT2D eigenvalue weighted by Crippen LogP contribution is 2.39. The number of nitrogen functional groups attached to an aromatic ring is 1. The van der Waals surface area contributed by atoms with E-state index in [1.54, 1.807) is 25.4 Å². The summed E-state index contributed by atoms with van der Waals surface area (Å²) in [4.78, 5) is 23.2. The number of carbonyl (C=O) groups excluding carboxylic acids is 1. The number of benzene rings is 1. The molecule has 1 fully saturated rings. The van der Waals surface area contributed by atoms with Crippen LogP contribution in [0, 0.1) is 12.7 Å². The molecule has 11 heteroatoms. The van der Waals surface area contributed by atoms with Gasteiger partial charge in [0.2, 0.25) is 5.88 Å². The van der Waals surface area contributed by atoms with Crippen LogP contribution in [0.1, 0.15) is 19.4 Å². The fourth-order valence-electron chi connectivity index (χ4n) is 4.67. The van der Waals surface area contributed by atoms with Crippen molar-refractivity contribution in [3.05, 3.63) is 35.9 Å². The van der Waals surface area contributed by atoms with E-state index in [1.807, 2.05) is 20.8 Å². The number of likely N-dealkylation sites (tertiary alicyclic amines) is 1. The quantitative estimate of drug-likeness (QED) is 0.425. The molecule has 0 unspecified atom stereocenters. The Balaban J connectivity index is 1.33. The maximum atomic E-state index is 15.4. The number of hydrogen-bond acceptors (Lipinski definition) is 9. The van der Waals surface area contributed by atoms with Crippen molar-refractivity contribution in [1.29, 1.82) is 0 Å². The molecule has 1 saturated heterocycles. The number of fused-ring (bicyclic) bond motifs is 2. The lowest BCUT2D eigenvalue weighted by atomic mass is 9.97. The predicted octanol–water partition coefficient (Wildman–Crippen LogP) is 3.79. The zero-order valence-electron chi connectivity index (χ0n) is 21.4. The Hall–Kier alpha value is -3.70. The molecule has 0 aliphatic carbocycles. The van der Waals surface area contributed by atoms with E-state index in [-0.39, 0.29) is 23.2 Å². The monoisotopic (exact) mass is 510 g/mol. The number of amides is 1. The van der Waals surface area contributed by atoms with Crippen molar-refractivity contribution in [1.82, 2.24) is 14.9 Å². The second-order valence-electron chi connectivity index (χ2n) is 10.0. The molecule has 2 aromatic heterocycles. The molecule has 0 atom stereocenters. The van der Waals surface area contributed by atoms with E-state index in [1.165, 1.54) is 6.20 Å². The molecule has 1 aromatic carbocycles. The normalized spacial score (nSPS) is 15.9. The van der Waals surface area contributed by atoms with Crippen molar-refractivity contribution in [2.24, 2.45) is 0 Å². The lowest BCUT2D eigenvalue weighted by molar-refractivity contribution is -0.0646. The van der Waals surface area contributed by atoms with Gasteiger partial charge in [0.1, 0.15) is 24.2 Å².